The molecule has 0 amide bonds. The van der Waals surface area contributed by atoms with Crippen molar-refractivity contribution in [3.05, 3.63) is 28.2 Å². The van der Waals surface area contributed by atoms with Crippen LogP contribution < -0.4 is 16.0 Å². The van der Waals surface area contributed by atoms with Gasteiger partial charge >= 0.3 is 0 Å². The third-order valence-electron chi connectivity index (χ3n) is 2.30. The molecule has 0 atom stereocenters. The van der Waals surface area contributed by atoms with Gasteiger partial charge in [-0.3, -0.25) is 0 Å². The summed E-state index contributed by atoms with van der Waals surface area (Å²) in [5.74, 6) is -0.948. The maximum Gasteiger partial charge on any atom is 0.233 e. The topological polar surface area (TPSA) is 80.0 Å². The van der Waals surface area contributed by atoms with Crippen LogP contribution in [0.15, 0.2) is 16.6 Å². The summed E-state index contributed by atoms with van der Waals surface area (Å²) in [6, 6.07) is 2.00. The minimum absolute atomic E-state index is 0.0239. The molecule has 0 saturated carbocycles. The van der Waals surface area contributed by atoms with Gasteiger partial charge in [0, 0.05) is 20.2 Å². The second kappa shape index (κ2) is 5.53. The van der Waals surface area contributed by atoms with Crippen molar-refractivity contribution >= 4 is 39.5 Å². The van der Waals surface area contributed by atoms with E-state index in [4.69, 9.17) is 5.73 Å². The highest BCUT2D eigenvalue weighted by Gasteiger charge is 2.11. The molecule has 0 unspecified atom stereocenters. The molecular weight excluding hydrogens is 334 g/mol. The first-order valence-corrected chi connectivity index (χ1v) is 6.26. The Balaban J connectivity index is 2.37. The number of hydrogen-bond donors (Lipinski definition) is 2. The van der Waals surface area contributed by atoms with E-state index in [-0.39, 0.29) is 22.1 Å². The second-order valence-electron chi connectivity index (χ2n) is 4.08. The number of nitrogens with zero attached hydrogens (tertiary/aromatic N) is 4. The Labute approximate surface area is 122 Å². The first kappa shape index (κ1) is 14.4. The maximum absolute atomic E-state index is 13.7. The zero-order chi connectivity index (χ0) is 14.9. The van der Waals surface area contributed by atoms with Crippen LogP contribution in [-0.2, 0) is 0 Å². The summed E-state index contributed by atoms with van der Waals surface area (Å²) in [5.41, 5.74) is 5.44. The van der Waals surface area contributed by atoms with E-state index >= 15 is 0 Å². The average molecular weight is 345 g/mol. The van der Waals surface area contributed by atoms with Crippen LogP contribution in [0, 0.1) is 11.6 Å². The van der Waals surface area contributed by atoms with E-state index in [1.807, 2.05) is 0 Å². The zero-order valence-electron chi connectivity index (χ0n) is 10.7. The minimum atomic E-state index is -0.649. The standard InChI is InChI=1S/C11H11BrF2N6/c1-20(2)11-18-9(15)17-10(19-11)16-8-4-6(13)5(12)3-7(8)14/h3-4H,1-2H3,(H3,15,16,17,18,19). The van der Waals surface area contributed by atoms with Crippen molar-refractivity contribution in [1.82, 2.24) is 15.0 Å². The van der Waals surface area contributed by atoms with Crippen LogP contribution in [0.3, 0.4) is 0 Å². The zero-order valence-corrected chi connectivity index (χ0v) is 12.2. The summed E-state index contributed by atoms with van der Waals surface area (Å²) >= 11 is 2.90. The molecule has 6 nitrogen and oxygen atoms in total. The van der Waals surface area contributed by atoms with Crippen LogP contribution >= 0.6 is 15.9 Å². The molecule has 0 aliphatic rings. The van der Waals surface area contributed by atoms with E-state index in [0.29, 0.717) is 5.95 Å². The van der Waals surface area contributed by atoms with Gasteiger partial charge < -0.3 is 16.0 Å². The molecule has 3 N–H and O–H groups in total. The normalized spacial score (nSPS) is 10.4. The maximum atomic E-state index is 13.7. The SMILES string of the molecule is CN(C)c1nc(N)nc(Nc2cc(F)c(Br)cc2F)n1. The van der Waals surface area contributed by atoms with Gasteiger partial charge in [0.05, 0.1) is 10.2 Å². The van der Waals surface area contributed by atoms with Crippen molar-refractivity contribution in [2.24, 2.45) is 0 Å². The molecule has 9 heteroatoms. The lowest BCUT2D eigenvalue weighted by Gasteiger charge is -2.12. The smallest absolute Gasteiger partial charge is 0.233 e. The highest BCUT2D eigenvalue weighted by molar-refractivity contribution is 9.10. The predicted molar refractivity (Wildman–Crippen MR) is 75.9 cm³/mol. The van der Waals surface area contributed by atoms with Gasteiger partial charge in [-0.15, -0.1) is 0 Å². The van der Waals surface area contributed by atoms with Crippen LogP contribution in [0.1, 0.15) is 0 Å². The molecule has 0 aliphatic heterocycles. The Hall–Kier alpha value is -2.03. The summed E-state index contributed by atoms with van der Waals surface area (Å²) in [6.07, 6.45) is 0. The van der Waals surface area contributed by atoms with Crippen LogP contribution in [0.4, 0.5) is 32.3 Å². The minimum Gasteiger partial charge on any atom is -0.368 e. The quantitative estimate of drug-likeness (QED) is 0.831. The van der Waals surface area contributed by atoms with Crippen molar-refractivity contribution in [1.29, 1.82) is 0 Å². The van der Waals surface area contributed by atoms with E-state index in [9.17, 15) is 8.78 Å². The lowest BCUT2D eigenvalue weighted by atomic mass is 10.3. The molecule has 1 aromatic heterocycles. The monoisotopic (exact) mass is 344 g/mol. The largest absolute Gasteiger partial charge is 0.368 e. The van der Waals surface area contributed by atoms with Crippen molar-refractivity contribution in [3.8, 4) is 0 Å². The fourth-order valence-electron chi connectivity index (χ4n) is 1.38. The number of aromatic nitrogens is 3. The molecule has 106 valence electrons. The number of hydrogen-bond acceptors (Lipinski definition) is 6. The van der Waals surface area contributed by atoms with Gasteiger partial charge in [0.2, 0.25) is 17.8 Å². The Kier molecular flexibility index (Phi) is 3.98. The number of rotatable bonds is 3. The molecule has 2 aromatic rings. The molecular formula is C11H11BrF2N6. The van der Waals surface area contributed by atoms with Gasteiger partial charge in [0.25, 0.3) is 0 Å². The third kappa shape index (κ3) is 3.10. The fraction of sp³-hybridized carbons (Fsp3) is 0.182. The Morgan fingerprint density at radius 1 is 1.15 bits per heavy atom. The highest BCUT2D eigenvalue weighted by atomic mass is 79.9. The molecule has 20 heavy (non-hydrogen) atoms. The number of nitrogens with two attached hydrogens (primary N) is 1. The number of benzene rings is 1. The van der Waals surface area contributed by atoms with Gasteiger partial charge in [0.15, 0.2) is 0 Å². The molecule has 0 bridgehead atoms. The first-order valence-electron chi connectivity index (χ1n) is 5.47. The summed E-state index contributed by atoms with van der Waals surface area (Å²) in [6.45, 7) is 0. The molecule has 0 saturated heterocycles. The van der Waals surface area contributed by atoms with Gasteiger partial charge in [-0.1, -0.05) is 0 Å². The van der Waals surface area contributed by atoms with Crippen LogP contribution in [0.2, 0.25) is 0 Å². The predicted octanol–water partition coefficient (Wildman–Crippen LogP) is 2.30. The van der Waals surface area contributed by atoms with Gasteiger partial charge in [-0.2, -0.15) is 15.0 Å². The van der Waals surface area contributed by atoms with Crippen LogP contribution in [0.25, 0.3) is 0 Å². The van der Waals surface area contributed by atoms with Gasteiger partial charge in [0.1, 0.15) is 11.6 Å². The Morgan fingerprint density at radius 3 is 2.50 bits per heavy atom. The van der Waals surface area contributed by atoms with Crippen molar-refractivity contribution in [2.45, 2.75) is 0 Å². The lowest BCUT2D eigenvalue weighted by Crippen LogP contribution is -2.15. The second-order valence-corrected chi connectivity index (χ2v) is 4.94. The molecule has 0 aliphatic carbocycles. The summed E-state index contributed by atoms with van der Waals surface area (Å²) in [7, 11) is 3.44. The molecule has 1 aromatic carbocycles. The van der Waals surface area contributed by atoms with E-state index in [0.717, 1.165) is 12.1 Å². The molecule has 0 fully saturated rings. The first-order chi connectivity index (χ1) is 9.36. The van der Waals surface area contributed by atoms with Gasteiger partial charge in [-0.25, -0.2) is 8.78 Å². The molecule has 1 heterocycles. The van der Waals surface area contributed by atoms with E-state index in [1.165, 1.54) is 0 Å². The van der Waals surface area contributed by atoms with Gasteiger partial charge in [-0.05, 0) is 22.0 Å². The van der Waals surface area contributed by atoms with Crippen molar-refractivity contribution in [2.75, 3.05) is 30.0 Å². The van der Waals surface area contributed by atoms with E-state index < -0.39 is 11.6 Å². The number of nitrogens with one attached hydrogen (secondary N) is 1. The molecule has 2 rings (SSSR count). The Morgan fingerprint density at radius 2 is 1.85 bits per heavy atom. The van der Waals surface area contributed by atoms with Crippen molar-refractivity contribution < 1.29 is 8.78 Å². The molecule has 0 spiro atoms. The number of halogens is 3. The van der Waals surface area contributed by atoms with Crippen LogP contribution in [0.5, 0.6) is 0 Å². The lowest BCUT2D eigenvalue weighted by molar-refractivity contribution is 0.597. The number of anilines is 4. The fourth-order valence-corrected chi connectivity index (χ4v) is 1.69. The summed E-state index contributed by atoms with van der Waals surface area (Å²) in [4.78, 5) is 13.4. The Bertz CT molecular complexity index is 649. The number of nitrogen functional groups attached to an aromatic ring is 1. The summed E-state index contributed by atoms with van der Waals surface area (Å²) < 4.78 is 27.1. The summed E-state index contributed by atoms with van der Waals surface area (Å²) in [5, 5.41) is 2.57. The highest BCUT2D eigenvalue weighted by Crippen LogP contribution is 2.25. The van der Waals surface area contributed by atoms with E-state index in [1.54, 1.807) is 19.0 Å². The van der Waals surface area contributed by atoms with E-state index in [2.05, 4.69) is 36.2 Å². The average Bonchev–Trinajstić information content (AvgIpc) is 2.35. The van der Waals surface area contributed by atoms with Crippen LogP contribution in [-0.4, -0.2) is 29.0 Å². The molecule has 0 radical (unpaired) electrons. The van der Waals surface area contributed by atoms with Crippen molar-refractivity contribution in [3.63, 3.8) is 0 Å². The third-order valence-corrected chi connectivity index (χ3v) is 2.91.